The number of hydrogen-bond acceptors (Lipinski definition) is 7. The topological polar surface area (TPSA) is 89.0 Å². The van der Waals surface area contributed by atoms with Crippen LogP contribution in [0.2, 0.25) is 0 Å². The second kappa shape index (κ2) is 12.5. The van der Waals surface area contributed by atoms with E-state index in [2.05, 4.69) is 59.4 Å². The molecule has 2 aromatic carbocycles. The predicted molar refractivity (Wildman–Crippen MR) is 163 cm³/mol. The number of hydrogen-bond donors (Lipinski definition) is 1. The van der Waals surface area contributed by atoms with Crippen molar-refractivity contribution in [3.63, 3.8) is 0 Å². The first-order valence-corrected chi connectivity index (χ1v) is 16.4. The first kappa shape index (κ1) is 28.9. The van der Waals surface area contributed by atoms with Crippen molar-refractivity contribution in [2.75, 3.05) is 42.6 Å². The second-order valence-corrected chi connectivity index (χ2v) is 13.9. The quantitative estimate of drug-likeness (QED) is 0.344. The lowest BCUT2D eigenvalue weighted by atomic mass is 9.83. The van der Waals surface area contributed by atoms with Crippen molar-refractivity contribution in [3.05, 3.63) is 64.0 Å². The molecule has 1 N–H and O–H groups in total. The van der Waals surface area contributed by atoms with Crippen molar-refractivity contribution in [2.24, 2.45) is 5.41 Å². The zero-order valence-corrected chi connectivity index (χ0v) is 25.3. The number of thiazole rings is 1. The van der Waals surface area contributed by atoms with Crippen molar-refractivity contribution in [1.82, 2.24) is 9.88 Å². The smallest absolute Gasteiger partial charge is 0.309 e. The Labute approximate surface area is 244 Å². The van der Waals surface area contributed by atoms with Gasteiger partial charge in [-0.25, -0.2) is 4.98 Å². The first-order valence-electron chi connectivity index (χ1n) is 14.0. The maximum atomic E-state index is 11.8. The van der Waals surface area contributed by atoms with Crippen molar-refractivity contribution in [3.8, 4) is 17.0 Å². The Bertz CT molecular complexity index is 1340. The molecule has 0 bridgehead atoms. The van der Waals surface area contributed by atoms with Crippen LogP contribution in [0.15, 0.2) is 41.8 Å². The normalized spacial score (nSPS) is 20.9. The molecule has 0 radical (unpaired) electrons. The fraction of sp³-hybridized carbons (Fsp3) is 0.484. The Morgan fingerprint density at radius 3 is 2.67 bits per heavy atom. The van der Waals surface area contributed by atoms with Gasteiger partial charge in [0.15, 0.2) is 5.13 Å². The maximum absolute atomic E-state index is 11.8. The highest BCUT2D eigenvalue weighted by Crippen LogP contribution is 2.37. The van der Waals surface area contributed by atoms with Crippen LogP contribution < -0.4 is 9.64 Å². The van der Waals surface area contributed by atoms with Gasteiger partial charge in [0, 0.05) is 43.7 Å². The second-order valence-electron chi connectivity index (χ2n) is 11.4. The van der Waals surface area contributed by atoms with Crippen LogP contribution in [0.5, 0.6) is 5.75 Å². The van der Waals surface area contributed by atoms with Crippen LogP contribution in [-0.2, 0) is 29.1 Å². The minimum Gasteiger partial charge on any atom is -0.616 e. The van der Waals surface area contributed by atoms with Gasteiger partial charge in [-0.2, -0.15) is 0 Å². The Morgan fingerprint density at radius 2 is 1.93 bits per heavy atom. The Morgan fingerprint density at radius 1 is 1.12 bits per heavy atom. The van der Waals surface area contributed by atoms with E-state index in [1.807, 2.05) is 13.0 Å². The van der Waals surface area contributed by atoms with Crippen LogP contribution in [0.4, 0.5) is 5.13 Å². The van der Waals surface area contributed by atoms with Crippen LogP contribution in [0.25, 0.3) is 11.3 Å². The summed E-state index contributed by atoms with van der Waals surface area (Å²) in [6.45, 7) is 10.7. The van der Waals surface area contributed by atoms with Gasteiger partial charge in [-0.1, -0.05) is 41.0 Å². The van der Waals surface area contributed by atoms with E-state index in [9.17, 15) is 14.5 Å². The number of aryl methyl sites for hydroxylation is 2. The van der Waals surface area contributed by atoms with Crippen LogP contribution in [0, 0.1) is 19.3 Å². The number of benzene rings is 2. The summed E-state index contributed by atoms with van der Waals surface area (Å²) in [5.74, 6) is 1.64. The number of carboxylic acids is 1. The number of aromatic nitrogens is 1. The standard InChI is InChI=1S/C31H39N3O4S2/c1-22-5-8-28(38-20-25-7-6-24(18-23(25)2)19-33-13-15-40(37)16-14-33)26(17-22)27-21-39-30(32-27)34-11-4-9-31(3,10-12-34)29(35)36/h5-8,17-18,21H,4,9-16,19-20H2,1-3H3,(H,35,36). The van der Waals surface area contributed by atoms with Crippen LogP contribution in [0.1, 0.15) is 48.4 Å². The van der Waals surface area contributed by atoms with E-state index < -0.39 is 22.6 Å². The lowest BCUT2D eigenvalue weighted by Crippen LogP contribution is -2.39. The summed E-state index contributed by atoms with van der Waals surface area (Å²) in [7, 11) is 0. The van der Waals surface area contributed by atoms with Crippen molar-refractivity contribution in [1.29, 1.82) is 0 Å². The zero-order chi connectivity index (χ0) is 28.3. The van der Waals surface area contributed by atoms with Crippen molar-refractivity contribution >= 4 is 33.6 Å². The molecule has 40 heavy (non-hydrogen) atoms. The SMILES string of the molecule is Cc1ccc(OCc2ccc(CN3CC[S+]([O-])CC3)cc2C)c(-c2csc(N3CCCC(C)(C(=O)O)CC3)n2)c1. The molecule has 1 unspecified atom stereocenters. The number of ether oxygens (including phenoxy) is 1. The number of anilines is 1. The van der Waals surface area contributed by atoms with Crippen LogP contribution in [0.3, 0.4) is 0 Å². The molecule has 214 valence electrons. The van der Waals surface area contributed by atoms with Gasteiger partial charge in [0.2, 0.25) is 0 Å². The fourth-order valence-electron chi connectivity index (χ4n) is 5.45. The highest BCUT2D eigenvalue weighted by Gasteiger charge is 2.35. The number of carbonyl (C=O) groups is 1. The van der Waals surface area contributed by atoms with Crippen LogP contribution in [-0.4, -0.2) is 63.2 Å². The molecule has 1 aromatic heterocycles. The molecule has 2 aliphatic heterocycles. The minimum atomic E-state index is -0.707. The van der Waals surface area contributed by atoms with E-state index in [-0.39, 0.29) is 0 Å². The maximum Gasteiger partial charge on any atom is 0.309 e. The van der Waals surface area contributed by atoms with Gasteiger partial charge in [0.25, 0.3) is 0 Å². The van der Waals surface area contributed by atoms with E-state index in [0.717, 1.165) is 77.4 Å². The molecule has 1 atom stereocenters. The molecule has 0 spiro atoms. The van der Waals surface area contributed by atoms with Gasteiger partial charge < -0.3 is 19.3 Å². The molecular weight excluding hydrogens is 542 g/mol. The number of aliphatic carboxylic acids is 1. The van der Waals surface area contributed by atoms with E-state index in [4.69, 9.17) is 9.72 Å². The molecule has 9 heteroatoms. The molecule has 0 aliphatic carbocycles. The van der Waals surface area contributed by atoms with Crippen molar-refractivity contribution < 1.29 is 19.2 Å². The summed E-state index contributed by atoms with van der Waals surface area (Å²) < 4.78 is 18.0. The van der Waals surface area contributed by atoms with E-state index >= 15 is 0 Å². The summed E-state index contributed by atoms with van der Waals surface area (Å²) in [5, 5.41) is 12.7. The molecule has 3 heterocycles. The molecule has 2 fully saturated rings. The lowest BCUT2D eigenvalue weighted by molar-refractivity contribution is -0.148. The fourth-order valence-corrected chi connectivity index (χ4v) is 7.46. The van der Waals surface area contributed by atoms with E-state index in [1.165, 1.54) is 11.1 Å². The monoisotopic (exact) mass is 581 g/mol. The van der Waals surface area contributed by atoms with Gasteiger partial charge >= 0.3 is 5.97 Å². The number of carboxylic acid groups (broad SMARTS) is 1. The molecule has 0 amide bonds. The summed E-state index contributed by atoms with van der Waals surface area (Å²) in [6, 6.07) is 12.8. The average molecular weight is 582 g/mol. The molecule has 0 saturated carbocycles. The lowest BCUT2D eigenvalue weighted by Gasteiger charge is -2.28. The van der Waals surface area contributed by atoms with Gasteiger partial charge in [-0.3, -0.25) is 9.69 Å². The molecular formula is C31H39N3O4S2. The summed E-state index contributed by atoms with van der Waals surface area (Å²) >= 11 is 0.952. The number of rotatable bonds is 8. The highest BCUT2D eigenvalue weighted by molar-refractivity contribution is 7.91. The third kappa shape index (κ3) is 6.82. The highest BCUT2D eigenvalue weighted by atomic mass is 32.2. The largest absolute Gasteiger partial charge is 0.616 e. The van der Waals surface area contributed by atoms with Gasteiger partial charge in [0.1, 0.15) is 23.9 Å². The van der Waals surface area contributed by atoms with Gasteiger partial charge in [-0.05, 0) is 68.9 Å². The Hall–Kier alpha value is -2.59. The van der Waals surface area contributed by atoms with E-state index in [1.54, 1.807) is 11.3 Å². The van der Waals surface area contributed by atoms with Crippen LogP contribution >= 0.6 is 11.3 Å². The van der Waals surface area contributed by atoms with Gasteiger partial charge in [-0.15, -0.1) is 11.3 Å². The summed E-state index contributed by atoms with van der Waals surface area (Å²) in [5.41, 5.74) is 5.97. The Kier molecular flexibility index (Phi) is 9.05. The molecule has 5 rings (SSSR count). The first-order chi connectivity index (χ1) is 19.2. The average Bonchev–Trinajstić information content (AvgIpc) is 3.33. The van der Waals surface area contributed by atoms with E-state index in [0.29, 0.717) is 26.0 Å². The minimum absolute atomic E-state index is 0.474. The summed E-state index contributed by atoms with van der Waals surface area (Å²) in [4.78, 5) is 21.4. The third-order valence-electron chi connectivity index (χ3n) is 8.25. The zero-order valence-electron chi connectivity index (χ0n) is 23.6. The molecule has 2 saturated heterocycles. The van der Waals surface area contributed by atoms with Crippen molar-refractivity contribution in [2.45, 2.75) is 53.2 Å². The summed E-state index contributed by atoms with van der Waals surface area (Å²) in [6.07, 6.45) is 2.15. The molecule has 2 aliphatic rings. The number of nitrogens with zero attached hydrogens (tertiary/aromatic N) is 3. The van der Waals surface area contributed by atoms with Gasteiger partial charge in [0.05, 0.1) is 11.1 Å². The Balaban J connectivity index is 1.26. The third-order valence-corrected chi connectivity index (χ3v) is 10.4. The molecule has 3 aromatic rings. The predicted octanol–water partition coefficient (Wildman–Crippen LogP) is 5.65. The molecule has 7 nitrogen and oxygen atoms in total.